The summed E-state index contributed by atoms with van der Waals surface area (Å²) in [5.41, 5.74) is 5.63. The van der Waals surface area contributed by atoms with Gasteiger partial charge in [-0.15, -0.1) is 0 Å². The van der Waals surface area contributed by atoms with Gasteiger partial charge in [0.1, 0.15) is 17.1 Å². The molecule has 2 aliphatic carbocycles. The Bertz CT molecular complexity index is 1420. The van der Waals surface area contributed by atoms with Crippen LogP contribution in [0.2, 0.25) is 16.6 Å². The third-order valence-corrected chi connectivity index (χ3v) is 16.0. The first-order chi connectivity index (χ1) is 19.1. The van der Waals surface area contributed by atoms with E-state index in [1.54, 1.807) is 4.57 Å². The Labute approximate surface area is 239 Å². The van der Waals surface area contributed by atoms with Gasteiger partial charge in [-0.25, -0.2) is 0 Å². The first-order valence-corrected chi connectivity index (χ1v) is 17.2. The van der Waals surface area contributed by atoms with Gasteiger partial charge in [-0.2, -0.15) is 0 Å². The summed E-state index contributed by atoms with van der Waals surface area (Å²) in [6, 6.07) is 16.0. The van der Waals surface area contributed by atoms with Crippen molar-refractivity contribution in [3.8, 4) is 28.9 Å². The van der Waals surface area contributed by atoms with Crippen molar-refractivity contribution in [2.45, 2.75) is 102 Å². The number of allylic oxidation sites excluding steroid dienone is 1. The largest absolute Gasteiger partial charge is 0.543 e. The molecule has 1 aromatic heterocycles. The highest BCUT2D eigenvalue weighted by Gasteiger charge is 2.54. The van der Waals surface area contributed by atoms with Crippen LogP contribution < -0.4 is 9.16 Å². The first kappa shape index (κ1) is 27.1. The van der Waals surface area contributed by atoms with Crippen molar-refractivity contribution in [2.75, 3.05) is 0 Å². The summed E-state index contributed by atoms with van der Waals surface area (Å²) in [6.07, 6.45) is 6.81. The zero-order valence-corrected chi connectivity index (χ0v) is 25.7. The number of aromatic nitrogens is 1. The van der Waals surface area contributed by atoms with Crippen molar-refractivity contribution < 1.29 is 19.4 Å². The van der Waals surface area contributed by atoms with Gasteiger partial charge in [-0.1, -0.05) is 65.8 Å². The van der Waals surface area contributed by atoms with Gasteiger partial charge < -0.3 is 19.4 Å². The van der Waals surface area contributed by atoms with Crippen LogP contribution in [-0.2, 0) is 6.42 Å². The second kappa shape index (κ2) is 9.76. The molecule has 0 radical (unpaired) electrons. The van der Waals surface area contributed by atoms with E-state index in [-0.39, 0.29) is 17.7 Å². The van der Waals surface area contributed by atoms with Crippen LogP contribution in [0.5, 0.6) is 23.3 Å². The van der Waals surface area contributed by atoms with Crippen LogP contribution in [0.4, 0.5) is 0 Å². The third-order valence-electron chi connectivity index (χ3n) is 9.95. The van der Waals surface area contributed by atoms with Gasteiger partial charge in [0.25, 0.3) is 8.32 Å². The first-order valence-electron chi connectivity index (χ1n) is 15.0. The maximum atomic E-state index is 11.7. The molecule has 5 nitrogen and oxygen atoms in total. The molecule has 40 heavy (non-hydrogen) atoms. The highest BCUT2D eigenvalue weighted by Crippen LogP contribution is 2.61. The minimum absolute atomic E-state index is 0.119. The summed E-state index contributed by atoms with van der Waals surface area (Å²) in [4.78, 5) is 0. The van der Waals surface area contributed by atoms with Crippen molar-refractivity contribution >= 4 is 13.9 Å². The number of benzene rings is 2. The molecule has 1 aliphatic heterocycles. The van der Waals surface area contributed by atoms with Gasteiger partial charge >= 0.3 is 0 Å². The van der Waals surface area contributed by atoms with Crippen LogP contribution in [0.25, 0.3) is 11.3 Å². The minimum Gasteiger partial charge on any atom is -0.543 e. The molecule has 0 bridgehead atoms. The fourth-order valence-electron chi connectivity index (χ4n) is 8.32. The van der Waals surface area contributed by atoms with Crippen LogP contribution >= 0.6 is 0 Å². The molecule has 3 aromatic rings. The molecule has 6 heteroatoms. The van der Waals surface area contributed by atoms with Gasteiger partial charge in [0, 0.05) is 22.8 Å². The van der Waals surface area contributed by atoms with E-state index in [2.05, 4.69) is 65.8 Å². The highest BCUT2D eigenvalue weighted by molar-refractivity contribution is 6.78. The van der Waals surface area contributed by atoms with Gasteiger partial charge in [-0.3, -0.25) is 4.57 Å². The van der Waals surface area contributed by atoms with Gasteiger partial charge in [0.2, 0.25) is 11.8 Å². The van der Waals surface area contributed by atoms with Gasteiger partial charge in [0.05, 0.1) is 11.6 Å². The van der Waals surface area contributed by atoms with Gasteiger partial charge in [0.15, 0.2) is 0 Å². The summed E-state index contributed by atoms with van der Waals surface area (Å²) in [5, 5.41) is 23.0. The van der Waals surface area contributed by atoms with E-state index >= 15 is 0 Å². The molecule has 2 N–H and O–H groups in total. The van der Waals surface area contributed by atoms with E-state index < -0.39 is 13.9 Å². The van der Waals surface area contributed by atoms with Crippen molar-refractivity contribution in [2.24, 2.45) is 0 Å². The Balaban J connectivity index is 1.46. The summed E-state index contributed by atoms with van der Waals surface area (Å²) in [5.74, 6) is 1.89. The average Bonchev–Trinajstić information content (AvgIpc) is 3.49. The number of aromatic hydroxyl groups is 2. The van der Waals surface area contributed by atoms with E-state index in [0.29, 0.717) is 23.0 Å². The van der Waals surface area contributed by atoms with E-state index in [1.165, 1.54) is 5.57 Å². The fraction of sp³-hybridized carbons (Fsp3) is 0.471. The lowest BCUT2D eigenvalue weighted by Gasteiger charge is -2.46. The van der Waals surface area contributed by atoms with Crippen molar-refractivity contribution in [3.05, 3.63) is 71.3 Å². The number of nitrogens with zero attached hydrogens (tertiary/aromatic N) is 1. The van der Waals surface area contributed by atoms with Crippen molar-refractivity contribution in [1.29, 1.82) is 0 Å². The zero-order chi connectivity index (χ0) is 28.4. The number of para-hydroxylation sites is 1. The Hall–Kier alpha value is -3.12. The standard InChI is InChI=1S/C34H43NO4Si/c1-21(2)40(22(3)4,23(5)6)39-25-14-15-26-27-16-17-28-30(31(27)34(18-10-11-19-34)38-29(26)20-25)33(37)35(32(28)36)24-12-8-7-9-13-24/h7-9,12-16,20-23,31,36-37H,10-11,17-19H2,1-6H3/t31-/m1/s1. The average molecular weight is 558 g/mol. The number of hydrogen-bond donors (Lipinski definition) is 2. The van der Waals surface area contributed by atoms with Crippen LogP contribution in [0.1, 0.15) is 89.8 Å². The molecule has 3 aliphatic rings. The zero-order valence-electron chi connectivity index (χ0n) is 24.7. The predicted octanol–water partition coefficient (Wildman–Crippen LogP) is 8.87. The van der Waals surface area contributed by atoms with Crippen LogP contribution in [0, 0.1) is 0 Å². The predicted molar refractivity (Wildman–Crippen MR) is 163 cm³/mol. The topological polar surface area (TPSA) is 63.8 Å². The van der Waals surface area contributed by atoms with Crippen LogP contribution in [0.15, 0.2) is 54.6 Å². The Morgan fingerprint density at radius 2 is 1.55 bits per heavy atom. The molecule has 1 atom stereocenters. The van der Waals surface area contributed by atoms with E-state index in [4.69, 9.17) is 9.16 Å². The molecular formula is C34H43NO4Si. The van der Waals surface area contributed by atoms with Crippen LogP contribution in [-0.4, -0.2) is 28.7 Å². The number of hydrogen-bond acceptors (Lipinski definition) is 4. The van der Waals surface area contributed by atoms with E-state index in [0.717, 1.165) is 59.6 Å². The van der Waals surface area contributed by atoms with E-state index in [9.17, 15) is 10.2 Å². The summed E-state index contributed by atoms with van der Waals surface area (Å²) in [7, 11) is -2.11. The maximum Gasteiger partial charge on any atom is 0.258 e. The number of rotatable bonds is 6. The monoisotopic (exact) mass is 557 g/mol. The molecule has 1 fully saturated rings. The van der Waals surface area contributed by atoms with Crippen molar-refractivity contribution in [3.63, 3.8) is 0 Å². The minimum atomic E-state index is -2.11. The molecular weight excluding hydrogens is 514 g/mol. The Morgan fingerprint density at radius 3 is 2.17 bits per heavy atom. The lowest BCUT2D eigenvalue weighted by atomic mass is 9.68. The summed E-state index contributed by atoms with van der Waals surface area (Å²) >= 11 is 0. The third kappa shape index (κ3) is 3.86. The second-order valence-electron chi connectivity index (χ2n) is 13.0. The molecule has 0 saturated heterocycles. The summed E-state index contributed by atoms with van der Waals surface area (Å²) in [6.45, 7) is 13.9. The molecule has 0 amide bonds. The molecule has 1 spiro atoms. The van der Waals surface area contributed by atoms with Crippen molar-refractivity contribution in [1.82, 2.24) is 4.57 Å². The second-order valence-corrected chi connectivity index (χ2v) is 18.3. The molecule has 1 saturated carbocycles. The lowest BCUT2D eigenvalue weighted by Crippen LogP contribution is -2.50. The van der Waals surface area contributed by atoms with Crippen LogP contribution in [0.3, 0.4) is 0 Å². The smallest absolute Gasteiger partial charge is 0.258 e. The SMILES string of the molecule is CC(C)[Si](Oc1ccc2c(c1)OC1(CCCC1)[C@@H]1C2=CCc2c1c(O)n(-c1ccccc1)c2O)(C(C)C)C(C)C. The van der Waals surface area contributed by atoms with E-state index in [1.807, 2.05) is 30.3 Å². The molecule has 0 unspecified atom stereocenters. The maximum absolute atomic E-state index is 11.7. The Kier molecular flexibility index (Phi) is 6.60. The fourth-order valence-corrected chi connectivity index (χ4v) is 13.6. The Morgan fingerprint density at radius 1 is 0.900 bits per heavy atom. The number of fused-ring (bicyclic) bond motifs is 6. The molecule has 6 rings (SSSR count). The molecule has 212 valence electrons. The molecule has 2 heterocycles. The summed E-state index contributed by atoms with van der Waals surface area (Å²) < 4.78 is 15.7. The lowest BCUT2D eigenvalue weighted by molar-refractivity contribution is 0.0545. The molecule has 2 aromatic carbocycles. The van der Waals surface area contributed by atoms with Gasteiger partial charge in [-0.05, 0) is 78.6 Å². The number of ether oxygens (including phenoxy) is 1. The normalized spacial score (nSPS) is 19.4. The highest BCUT2D eigenvalue weighted by atomic mass is 28.4. The quantitative estimate of drug-likeness (QED) is 0.297.